The summed E-state index contributed by atoms with van der Waals surface area (Å²) in [5.74, 6) is 0. The molecule has 0 atom stereocenters. The minimum Gasteiger partial charge on any atom is -0.373 e. The van der Waals surface area contributed by atoms with Crippen LogP contribution in [0.15, 0.2) is 18.3 Å². The van der Waals surface area contributed by atoms with Gasteiger partial charge in [0.1, 0.15) is 0 Å². The van der Waals surface area contributed by atoms with E-state index in [1.807, 2.05) is 6.20 Å². The molecule has 1 heterocycles. The quantitative estimate of drug-likeness (QED) is 0.790. The van der Waals surface area contributed by atoms with E-state index in [-0.39, 0.29) is 5.54 Å². The van der Waals surface area contributed by atoms with Crippen LogP contribution in [0, 0.1) is 0 Å². The van der Waals surface area contributed by atoms with Gasteiger partial charge in [0.2, 0.25) is 0 Å². The van der Waals surface area contributed by atoms with E-state index in [0.29, 0.717) is 13.2 Å². The van der Waals surface area contributed by atoms with Gasteiger partial charge in [-0.15, -0.1) is 0 Å². The fourth-order valence-corrected chi connectivity index (χ4v) is 1.73. The number of rotatable bonds is 8. The lowest BCUT2D eigenvalue weighted by molar-refractivity contribution is 0.0262. The van der Waals surface area contributed by atoms with E-state index in [9.17, 15) is 0 Å². The van der Waals surface area contributed by atoms with Gasteiger partial charge >= 0.3 is 0 Å². The maximum Gasteiger partial charge on any atom is 0.0888 e. The molecule has 0 bridgehead atoms. The van der Waals surface area contributed by atoms with Crippen LogP contribution < -0.4 is 5.32 Å². The minimum absolute atomic E-state index is 0.0497. The first-order valence-electron chi connectivity index (χ1n) is 7.40. The molecule has 0 saturated heterocycles. The first kappa shape index (κ1) is 15.4. The van der Waals surface area contributed by atoms with Crippen molar-refractivity contribution >= 4 is 0 Å². The Hall–Kier alpha value is -0.970. The van der Waals surface area contributed by atoms with Crippen LogP contribution in [0.1, 0.15) is 37.9 Å². The molecule has 0 unspecified atom stereocenters. The Morgan fingerprint density at radius 2 is 2.10 bits per heavy atom. The topological polar surface area (TPSA) is 37.4 Å². The maximum atomic E-state index is 5.77. The zero-order chi connectivity index (χ0) is 14.6. The van der Waals surface area contributed by atoms with E-state index in [1.54, 1.807) is 0 Å². The van der Waals surface area contributed by atoms with Crippen LogP contribution in [0.5, 0.6) is 0 Å². The highest BCUT2D eigenvalue weighted by Gasteiger charge is 2.21. The molecule has 4 nitrogen and oxygen atoms in total. The van der Waals surface area contributed by atoms with Crippen molar-refractivity contribution in [1.82, 2.24) is 15.2 Å². The summed E-state index contributed by atoms with van der Waals surface area (Å²) in [6, 6.07) is 4.94. The van der Waals surface area contributed by atoms with E-state index in [4.69, 9.17) is 4.74 Å². The monoisotopic (exact) mass is 277 g/mol. The maximum absolute atomic E-state index is 5.77. The molecule has 1 aliphatic rings. The first-order chi connectivity index (χ1) is 9.47. The third kappa shape index (κ3) is 4.85. The van der Waals surface area contributed by atoms with Crippen molar-refractivity contribution in [3.63, 3.8) is 0 Å². The van der Waals surface area contributed by atoms with E-state index in [2.05, 4.69) is 55.3 Å². The smallest absolute Gasteiger partial charge is 0.0888 e. The molecule has 4 heteroatoms. The second-order valence-corrected chi connectivity index (χ2v) is 6.51. The number of ether oxygens (including phenoxy) is 1. The third-order valence-electron chi connectivity index (χ3n) is 3.97. The van der Waals surface area contributed by atoms with Crippen LogP contribution in [0.3, 0.4) is 0 Å². The predicted molar refractivity (Wildman–Crippen MR) is 81.5 cm³/mol. The Kier molecular flexibility index (Phi) is 5.13. The largest absolute Gasteiger partial charge is 0.373 e. The molecule has 2 rings (SSSR count). The number of aromatic nitrogens is 1. The van der Waals surface area contributed by atoms with Gasteiger partial charge in [-0.05, 0) is 52.4 Å². The SMILES string of the molecule is CN(C)C(C)(C)COCc1ccc(CNC2CC2)cn1. The Morgan fingerprint density at radius 1 is 1.35 bits per heavy atom. The molecule has 20 heavy (non-hydrogen) atoms. The van der Waals surface area contributed by atoms with Crippen LogP contribution in [0.4, 0.5) is 0 Å². The van der Waals surface area contributed by atoms with Crippen LogP contribution in [-0.4, -0.2) is 42.2 Å². The van der Waals surface area contributed by atoms with Crippen molar-refractivity contribution in [2.24, 2.45) is 0 Å². The standard InChI is InChI=1S/C16H27N3O/c1-16(2,19(3)4)12-20-11-15-6-5-13(10-18-15)9-17-14-7-8-14/h5-6,10,14,17H,7-9,11-12H2,1-4H3. The summed E-state index contributed by atoms with van der Waals surface area (Å²) < 4.78 is 5.77. The normalized spacial score (nSPS) is 15.8. The molecular formula is C16H27N3O. The summed E-state index contributed by atoms with van der Waals surface area (Å²) in [6.07, 6.45) is 4.59. The van der Waals surface area contributed by atoms with Crippen molar-refractivity contribution in [2.75, 3.05) is 20.7 Å². The summed E-state index contributed by atoms with van der Waals surface area (Å²) in [5.41, 5.74) is 2.29. The molecule has 1 aromatic heterocycles. The van der Waals surface area contributed by atoms with Gasteiger partial charge in [-0.2, -0.15) is 0 Å². The Morgan fingerprint density at radius 3 is 2.65 bits per heavy atom. The summed E-state index contributed by atoms with van der Waals surface area (Å²) in [5, 5.41) is 3.49. The number of nitrogens with zero attached hydrogens (tertiary/aromatic N) is 2. The first-order valence-corrected chi connectivity index (χ1v) is 7.40. The van der Waals surface area contributed by atoms with Gasteiger partial charge < -0.3 is 15.0 Å². The lowest BCUT2D eigenvalue weighted by Crippen LogP contribution is -2.42. The second-order valence-electron chi connectivity index (χ2n) is 6.51. The van der Waals surface area contributed by atoms with Crippen molar-refractivity contribution in [1.29, 1.82) is 0 Å². The van der Waals surface area contributed by atoms with Gasteiger partial charge in [-0.1, -0.05) is 6.07 Å². The lowest BCUT2D eigenvalue weighted by Gasteiger charge is -2.32. The Bertz CT molecular complexity index is 410. The van der Waals surface area contributed by atoms with Crippen LogP contribution in [0.2, 0.25) is 0 Å². The summed E-state index contributed by atoms with van der Waals surface area (Å²) in [7, 11) is 4.15. The second kappa shape index (κ2) is 6.66. The minimum atomic E-state index is 0.0497. The van der Waals surface area contributed by atoms with Crippen LogP contribution in [-0.2, 0) is 17.9 Å². The molecule has 112 valence electrons. The van der Waals surface area contributed by atoms with Crippen molar-refractivity contribution in [3.8, 4) is 0 Å². The third-order valence-corrected chi connectivity index (χ3v) is 3.97. The molecule has 0 radical (unpaired) electrons. The highest BCUT2D eigenvalue weighted by atomic mass is 16.5. The van der Waals surface area contributed by atoms with Gasteiger partial charge in [0, 0.05) is 24.3 Å². The van der Waals surface area contributed by atoms with Crippen molar-refractivity contribution < 1.29 is 4.74 Å². The summed E-state index contributed by atoms with van der Waals surface area (Å²) in [4.78, 5) is 6.64. The fourth-order valence-electron chi connectivity index (χ4n) is 1.73. The molecule has 1 N–H and O–H groups in total. The highest BCUT2D eigenvalue weighted by Crippen LogP contribution is 2.19. The Labute approximate surface area is 122 Å². The molecule has 1 saturated carbocycles. The van der Waals surface area contributed by atoms with Crippen LogP contribution in [0.25, 0.3) is 0 Å². The molecule has 1 aromatic rings. The zero-order valence-electron chi connectivity index (χ0n) is 13.1. The van der Waals surface area contributed by atoms with Gasteiger partial charge in [0.25, 0.3) is 0 Å². The number of hydrogen-bond acceptors (Lipinski definition) is 4. The average Bonchev–Trinajstić information content (AvgIpc) is 3.21. The fraction of sp³-hybridized carbons (Fsp3) is 0.688. The number of pyridine rings is 1. The summed E-state index contributed by atoms with van der Waals surface area (Å²) in [6.45, 7) is 6.55. The van der Waals surface area contributed by atoms with Gasteiger partial charge in [-0.3, -0.25) is 4.98 Å². The zero-order valence-corrected chi connectivity index (χ0v) is 13.1. The molecule has 1 fully saturated rings. The van der Waals surface area contributed by atoms with E-state index < -0.39 is 0 Å². The predicted octanol–water partition coefficient (Wildman–Crippen LogP) is 2.19. The number of likely N-dealkylation sites (N-methyl/N-ethyl adjacent to an activating group) is 1. The van der Waals surface area contributed by atoms with Gasteiger partial charge in [-0.25, -0.2) is 0 Å². The van der Waals surface area contributed by atoms with Crippen LogP contribution >= 0.6 is 0 Å². The molecule has 0 amide bonds. The van der Waals surface area contributed by atoms with Gasteiger partial charge in [0.15, 0.2) is 0 Å². The van der Waals surface area contributed by atoms with Crippen molar-refractivity contribution in [2.45, 2.75) is 51.4 Å². The molecular weight excluding hydrogens is 250 g/mol. The van der Waals surface area contributed by atoms with E-state index in [0.717, 1.165) is 18.3 Å². The molecule has 1 aliphatic carbocycles. The average molecular weight is 277 g/mol. The Balaban J connectivity index is 1.72. The molecule has 0 spiro atoms. The number of hydrogen-bond donors (Lipinski definition) is 1. The molecule has 0 aliphatic heterocycles. The highest BCUT2D eigenvalue weighted by molar-refractivity contribution is 5.13. The van der Waals surface area contributed by atoms with E-state index in [1.165, 1.54) is 18.4 Å². The molecule has 0 aromatic carbocycles. The van der Waals surface area contributed by atoms with Gasteiger partial charge in [0.05, 0.1) is 18.9 Å². The lowest BCUT2D eigenvalue weighted by atomic mass is 10.1. The summed E-state index contributed by atoms with van der Waals surface area (Å²) >= 11 is 0. The number of nitrogens with one attached hydrogen (secondary N) is 1. The van der Waals surface area contributed by atoms with E-state index >= 15 is 0 Å². The van der Waals surface area contributed by atoms with Crippen molar-refractivity contribution in [3.05, 3.63) is 29.6 Å².